The van der Waals surface area contributed by atoms with Gasteiger partial charge >= 0.3 is 5.97 Å². The van der Waals surface area contributed by atoms with E-state index in [1.54, 1.807) is 0 Å². The van der Waals surface area contributed by atoms with Gasteiger partial charge in [-0.1, -0.05) is 18.2 Å². The fraction of sp³-hybridized carbons (Fsp3) is 0.562. The number of aliphatic carboxylic acids is 1. The predicted molar refractivity (Wildman–Crippen MR) is 77.1 cm³/mol. The quantitative estimate of drug-likeness (QED) is 0.920. The Bertz CT molecular complexity index is 502. The molecule has 2 aliphatic rings. The number of carbonyl (C=O) groups is 1. The number of ether oxygens (including phenoxy) is 1. The van der Waals surface area contributed by atoms with Crippen molar-refractivity contribution in [2.45, 2.75) is 50.9 Å². The number of benzene rings is 1. The Balaban J connectivity index is 1.73. The van der Waals surface area contributed by atoms with E-state index < -0.39 is 12.1 Å². The van der Waals surface area contributed by atoms with Gasteiger partial charge in [0.2, 0.25) is 0 Å². The number of nitrogens with zero attached hydrogens (tertiary/aromatic N) is 1. The van der Waals surface area contributed by atoms with Crippen molar-refractivity contribution in [2.75, 3.05) is 11.4 Å². The predicted octanol–water partition coefficient (Wildman–Crippen LogP) is 2.46. The van der Waals surface area contributed by atoms with Crippen molar-refractivity contribution in [3.8, 4) is 0 Å². The van der Waals surface area contributed by atoms with Crippen LogP contribution in [-0.4, -0.2) is 35.9 Å². The van der Waals surface area contributed by atoms with Gasteiger partial charge in [0.05, 0.1) is 6.10 Å². The Morgan fingerprint density at radius 1 is 1.35 bits per heavy atom. The van der Waals surface area contributed by atoms with Crippen molar-refractivity contribution in [3.05, 3.63) is 29.8 Å². The molecule has 1 fully saturated rings. The van der Waals surface area contributed by atoms with Crippen molar-refractivity contribution in [2.24, 2.45) is 0 Å². The number of aryl methyl sites for hydroxylation is 1. The number of fused-ring (bicyclic) bond motifs is 1. The van der Waals surface area contributed by atoms with E-state index in [1.807, 2.05) is 0 Å². The minimum absolute atomic E-state index is 0.0321. The minimum Gasteiger partial charge on any atom is -0.479 e. The molecular weight excluding hydrogens is 254 g/mol. The zero-order valence-electron chi connectivity index (χ0n) is 11.8. The first-order valence-corrected chi connectivity index (χ1v) is 7.38. The van der Waals surface area contributed by atoms with Crippen LogP contribution in [0.5, 0.6) is 0 Å². The van der Waals surface area contributed by atoms with Crippen LogP contribution in [0.1, 0.15) is 31.7 Å². The van der Waals surface area contributed by atoms with Crippen LogP contribution in [0.4, 0.5) is 5.69 Å². The van der Waals surface area contributed by atoms with Crippen molar-refractivity contribution in [1.82, 2.24) is 0 Å². The third kappa shape index (κ3) is 2.52. The molecule has 1 saturated heterocycles. The number of carboxylic acids is 1. The van der Waals surface area contributed by atoms with Gasteiger partial charge in [-0.05, 0) is 44.2 Å². The number of para-hydroxylation sites is 1. The lowest BCUT2D eigenvalue weighted by molar-refractivity contribution is -0.149. The molecule has 1 aromatic rings. The van der Waals surface area contributed by atoms with Crippen LogP contribution in [0.2, 0.25) is 0 Å². The lowest BCUT2D eigenvalue weighted by Crippen LogP contribution is -2.42. The monoisotopic (exact) mass is 275 g/mol. The lowest BCUT2D eigenvalue weighted by Gasteiger charge is -2.38. The van der Waals surface area contributed by atoms with Crippen LogP contribution >= 0.6 is 0 Å². The van der Waals surface area contributed by atoms with Crippen molar-refractivity contribution in [1.29, 1.82) is 0 Å². The largest absolute Gasteiger partial charge is 0.479 e. The molecule has 108 valence electrons. The zero-order chi connectivity index (χ0) is 14.1. The molecule has 0 radical (unpaired) electrons. The van der Waals surface area contributed by atoms with E-state index in [1.165, 1.54) is 11.3 Å². The molecule has 0 spiro atoms. The standard InChI is InChI=1S/C16H21NO3/c1-11-6-7-12-4-2-3-5-14(12)17(11)10-13-8-9-15(20-13)16(18)19/h2-5,11,13,15H,6-10H2,1H3,(H,18,19). The van der Waals surface area contributed by atoms with Crippen molar-refractivity contribution < 1.29 is 14.6 Å². The first-order valence-electron chi connectivity index (χ1n) is 7.38. The van der Waals surface area contributed by atoms with Crippen LogP contribution in [0.15, 0.2) is 24.3 Å². The molecule has 2 aliphatic heterocycles. The molecule has 1 aromatic carbocycles. The highest BCUT2D eigenvalue weighted by Gasteiger charge is 2.33. The van der Waals surface area contributed by atoms with Gasteiger partial charge in [0.1, 0.15) is 0 Å². The molecular formula is C16H21NO3. The van der Waals surface area contributed by atoms with Crippen LogP contribution in [-0.2, 0) is 16.0 Å². The van der Waals surface area contributed by atoms with Gasteiger partial charge in [0, 0.05) is 18.3 Å². The second-order valence-electron chi connectivity index (χ2n) is 5.83. The summed E-state index contributed by atoms with van der Waals surface area (Å²) in [5.41, 5.74) is 2.67. The first kappa shape index (κ1) is 13.4. The molecule has 4 nitrogen and oxygen atoms in total. The Labute approximate surface area is 119 Å². The number of rotatable bonds is 3. The van der Waals surface area contributed by atoms with E-state index in [0.29, 0.717) is 12.5 Å². The minimum atomic E-state index is -0.834. The third-order valence-corrected chi connectivity index (χ3v) is 4.45. The van der Waals surface area contributed by atoms with E-state index in [4.69, 9.17) is 9.84 Å². The number of anilines is 1. The maximum atomic E-state index is 11.0. The van der Waals surface area contributed by atoms with Gasteiger partial charge in [0.25, 0.3) is 0 Å². The topological polar surface area (TPSA) is 49.8 Å². The maximum absolute atomic E-state index is 11.0. The average molecular weight is 275 g/mol. The van der Waals surface area contributed by atoms with Gasteiger partial charge in [0.15, 0.2) is 6.10 Å². The fourth-order valence-electron chi connectivity index (χ4n) is 3.28. The van der Waals surface area contributed by atoms with E-state index in [0.717, 1.165) is 25.8 Å². The Morgan fingerprint density at radius 3 is 2.90 bits per heavy atom. The Hall–Kier alpha value is -1.55. The highest BCUT2D eigenvalue weighted by Crippen LogP contribution is 2.32. The Kier molecular flexibility index (Phi) is 3.66. The first-order chi connectivity index (χ1) is 9.65. The molecule has 2 heterocycles. The van der Waals surface area contributed by atoms with E-state index >= 15 is 0 Å². The molecule has 3 rings (SSSR count). The second kappa shape index (κ2) is 5.44. The molecule has 3 unspecified atom stereocenters. The Morgan fingerprint density at radius 2 is 2.15 bits per heavy atom. The SMILES string of the molecule is CC1CCc2ccccc2N1CC1CCC(C(=O)O)O1. The van der Waals surface area contributed by atoms with Crippen molar-refractivity contribution >= 4 is 11.7 Å². The zero-order valence-corrected chi connectivity index (χ0v) is 11.8. The smallest absolute Gasteiger partial charge is 0.332 e. The highest BCUT2D eigenvalue weighted by molar-refractivity contribution is 5.72. The second-order valence-corrected chi connectivity index (χ2v) is 5.83. The average Bonchev–Trinajstić information content (AvgIpc) is 2.91. The summed E-state index contributed by atoms with van der Waals surface area (Å²) in [6, 6.07) is 8.98. The summed E-state index contributed by atoms with van der Waals surface area (Å²) in [5, 5.41) is 9.01. The summed E-state index contributed by atoms with van der Waals surface area (Å²) < 4.78 is 5.65. The van der Waals surface area contributed by atoms with Gasteiger partial charge in [-0.25, -0.2) is 4.79 Å². The third-order valence-electron chi connectivity index (χ3n) is 4.45. The highest BCUT2D eigenvalue weighted by atomic mass is 16.5. The van der Waals surface area contributed by atoms with E-state index in [-0.39, 0.29) is 6.10 Å². The van der Waals surface area contributed by atoms with Crippen LogP contribution in [0, 0.1) is 0 Å². The van der Waals surface area contributed by atoms with Gasteiger partial charge < -0.3 is 14.7 Å². The normalized spacial score (nSPS) is 29.2. The molecule has 0 aromatic heterocycles. The summed E-state index contributed by atoms with van der Waals surface area (Å²) in [5.74, 6) is -0.834. The van der Waals surface area contributed by atoms with Crippen LogP contribution < -0.4 is 4.90 Å². The summed E-state index contributed by atoms with van der Waals surface area (Å²) in [6.07, 6.45) is 3.15. The lowest BCUT2D eigenvalue weighted by atomic mass is 9.96. The van der Waals surface area contributed by atoms with Gasteiger partial charge in [-0.15, -0.1) is 0 Å². The molecule has 4 heteroatoms. The summed E-state index contributed by atoms with van der Waals surface area (Å²) in [6.45, 7) is 3.03. The molecule has 0 amide bonds. The number of carboxylic acid groups (broad SMARTS) is 1. The van der Waals surface area contributed by atoms with Gasteiger partial charge in [-0.2, -0.15) is 0 Å². The maximum Gasteiger partial charge on any atom is 0.332 e. The molecule has 0 aliphatic carbocycles. The molecule has 20 heavy (non-hydrogen) atoms. The van der Waals surface area contributed by atoms with E-state index in [9.17, 15) is 4.79 Å². The van der Waals surface area contributed by atoms with E-state index in [2.05, 4.69) is 36.1 Å². The summed E-state index contributed by atoms with van der Waals surface area (Å²) in [4.78, 5) is 13.3. The summed E-state index contributed by atoms with van der Waals surface area (Å²) >= 11 is 0. The van der Waals surface area contributed by atoms with Crippen LogP contribution in [0.25, 0.3) is 0 Å². The molecule has 0 bridgehead atoms. The van der Waals surface area contributed by atoms with Crippen LogP contribution in [0.3, 0.4) is 0 Å². The van der Waals surface area contributed by atoms with Crippen molar-refractivity contribution in [3.63, 3.8) is 0 Å². The number of hydrogen-bond acceptors (Lipinski definition) is 3. The summed E-state index contributed by atoms with van der Waals surface area (Å²) in [7, 11) is 0. The molecule has 3 atom stereocenters. The molecule has 0 saturated carbocycles. The number of hydrogen-bond donors (Lipinski definition) is 1. The van der Waals surface area contributed by atoms with Gasteiger partial charge in [-0.3, -0.25) is 0 Å². The fourth-order valence-corrected chi connectivity index (χ4v) is 3.28. The molecule has 1 N–H and O–H groups in total.